The monoisotopic (exact) mass is 329 g/mol. The zero-order valence-corrected chi connectivity index (χ0v) is 14.0. The highest BCUT2D eigenvalue weighted by atomic mass is 16.5. The number of para-hydroxylation sites is 1. The maximum atomic E-state index is 11.9. The molecule has 1 heterocycles. The number of nitrogens with zero attached hydrogens (tertiary/aromatic N) is 3. The lowest BCUT2D eigenvalue weighted by atomic mass is 10.3. The fourth-order valence-electron chi connectivity index (χ4n) is 1.88. The van der Waals surface area contributed by atoms with Crippen molar-refractivity contribution in [2.45, 2.75) is 6.42 Å². The first-order valence-corrected chi connectivity index (χ1v) is 7.83. The number of nitrogens with one attached hydrogen (secondary N) is 2. The van der Waals surface area contributed by atoms with Crippen molar-refractivity contribution in [1.82, 2.24) is 15.1 Å². The number of carbonyl (C=O) groups excluding carboxylic acids is 1. The Bertz CT molecular complexity index is 617. The average molecular weight is 329 g/mol. The standard InChI is InChI=1S/C17H23N5O2/c1-22(2)12-11-18-15-8-9-16(21-20-15)19-17(23)10-13-24-14-6-4-3-5-7-14/h3-9H,10-13H2,1-2H3,(H,18,20)(H,19,21,23). The Morgan fingerprint density at radius 2 is 1.79 bits per heavy atom. The van der Waals surface area contributed by atoms with Gasteiger partial charge in [0.15, 0.2) is 5.82 Å². The van der Waals surface area contributed by atoms with Crippen LogP contribution in [-0.2, 0) is 4.79 Å². The molecule has 0 atom stereocenters. The third-order valence-corrected chi connectivity index (χ3v) is 3.14. The second kappa shape index (κ2) is 9.46. The fourth-order valence-corrected chi connectivity index (χ4v) is 1.88. The molecular weight excluding hydrogens is 306 g/mol. The Balaban J connectivity index is 1.69. The molecular formula is C17H23N5O2. The normalized spacial score (nSPS) is 10.5. The van der Waals surface area contributed by atoms with Crippen LogP contribution in [0.2, 0.25) is 0 Å². The number of aromatic nitrogens is 2. The van der Waals surface area contributed by atoms with Crippen LogP contribution in [0.1, 0.15) is 6.42 Å². The Morgan fingerprint density at radius 1 is 1.08 bits per heavy atom. The molecule has 0 spiro atoms. The third kappa shape index (κ3) is 6.62. The number of anilines is 2. The molecule has 24 heavy (non-hydrogen) atoms. The number of rotatable bonds is 9. The van der Waals surface area contributed by atoms with Gasteiger partial charge in [-0.25, -0.2) is 0 Å². The highest BCUT2D eigenvalue weighted by Gasteiger charge is 2.05. The van der Waals surface area contributed by atoms with E-state index in [2.05, 4.69) is 25.7 Å². The SMILES string of the molecule is CN(C)CCNc1ccc(NC(=O)CCOc2ccccc2)nn1. The first kappa shape index (κ1) is 17.7. The molecule has 0 aliphatic carbocycles. The quantitative estimate of drug-likeness (QED) is 0.731. The van der Waals surface area contributed by atoms with Gasteiger partial charge in [0, 0.05) is 13.1 Å². The van der Waals surface area contributed by atoms with Gasteiger partial charge in [-0.3, -0.25) is 4.79 Å². The van der Waals surface area contributed by atoms with Crippen molar-refractivity contribution in [3.8, 4) is 5.75 Å². The number of amides is 1. The molecule has 2 N–H and O–H groups in total. The summed E-state index contributed by atoms with van der Waals surface area (Å²) < 4.78 is 5.49. The minimum atomic E-state index is -0.159. The highest BCUT2D eigenvalue weighted by molar-refractivity contribution is 5.89. The van der Waals surface area contributed by atoms with Gasteiger partial charge in [-0.15, -0.1) is 10.2 Å². The van der Waals surface area contributed by atoms with E-state index in [1.54, 1.807) is 12.1 Å². The van der Waals surface area contributed by atoms with Crippen LogP contribution in [0.4, 0.5) is 11.6 Å². The van der Waals surface area contributed by atoms with E-state index in [9.17, 15) is 4.79 Å². The first-order chi connectivity index (χ1) is 11.6. The molecule has 0 unspecified atom stereocenters. The number of benzene rings is 1. The highest BCUT2D eigenvalue weighted by Crippen LogP contribution is 2.09. The molecule has 0 radical (unpaired) electrons. The van der Waals surface area contributed by atoms with E-state index >= 15 is 0 Å². The Kier molecular flexibility index (Phi) is 6.97. The molecule has 7 nitrogen and oxygen atoms in total. The number of likely N-dealkylation sites (N-methyl/N-ethyl adjacent to an activating group) is 1. The zero-order valence-electron chi connectivity index (χ0n) is 14.0. The molecule has 0 fully saturated rings. The van der Waals surface area contributed by atoms with Crippen molar-refractivity contribution < 1.29 is 9.53 Å². The Hall–Kier alpha value is -2.67. The van der Waals surface area contributed by atoms with Crippen LogP contribution in [0.3, 0.4) is 0 Å². The summed E-state index contributed by atoms with van der Waals surface area (Å²) >= 11 is 0. The summed E-state index contributed by atoms with van der Waals surface area (Å²) in [5.41, 5.74) is 0. The molecule has 7 heteroatoms. The molecule has 128 valence electrons. The van der Waals surface area contributed by atoms with Gasteiger partial charge in [-0.05, 0) is 38.4 Å². The van der Waals surface area contributed by atoms with Crippen molar-refractivity contribution in [2.75, 3.05) is 44.4 Å². The molecule has 0 saturated carbocycles. The molecule has 0 aliphatic heterocycles. The smallest absolute Gasteiger partial charge is 0.229 e. The molecule has 1 aromatic heterocycles. The maximum absolute atomic E-state index is 11.9. The first-order valence-electron chi connectivity index (χ1n) is 7.83. The predicted octanol–water partition coefficient (Wildman–Crippen LogP) is 1.86. The summed E-state index contributed by atoms with van der Waals surface area (Å²) in [5.74, 6) is 1.70. The van der Waals surface area contributed by atoms with Crippen LogP contribution in [0, 0.1) is 0 Å². The molecule has 2 aromatic rings. The van der Waals surface area contributed by atoms with Crippen LogP contribution in [0.5, 0.6) is 5.75 Å². The third-order valence-electron chi connectivity index (χ3n) is 3.14. The molecule has 0 aliphatic rings. The van der Waals surface area contributed by atoms with E-state index in [4.69, 9.17) is 4.74 Å². The molecule has 1 amide bonds. The van der Waals surface area contributed by atoms with Gasteiger partial charge in [-0.1, -0.05) is 18.2 Å². The number of hydrogen-bond acceptors (Lipinski definition) is 6. The van der Waals surface area contributed by atoms with Crippen molar-refractivity contribution >= 4 is 17.5 Å². The number of ether oxygens (including phenoxy) is 1. The number of hydrogen-bond donors (Lipinski definition) is 2. The van der Waals surface area contributed by atoms with Crippen LogP contribution in [0.15, 0.2) is 42.5 Å². The summed E-state index contributed by atoms with van der Waals surface area (Å²) in [5, 5.41) is 13.9. The lowest BCUT2D eigenvalue weighted by Gasteiger charge is -2.10. The summed E-state index contributed by atoms with van der Waals surface area (Å²) in [4.78, 5) is 13.9. The molecule has 0 saturated heterocycles. The fraction of sp³-hybridized carbons (Fsp3) is 0.353. The van der Waals surface area contributed by atoms with Gasteiger partial charge in [0.2, 0.25) is 5.91 Å². The van der Waals surface area contributed by atoms with Gasteiger partial charge in [0.25, 0.3) is 0 Å². The van der Waals surface area contributed by atoms with Crippen LogP contribution >= 0.6 is 0 Å². The summed E-state index contributed by atoms with van der Waals surface area (Å²) in [6.45, 7) is 2.00. The van der Waals surface area contributed by atoms with Crippen LogP contribution in [0.25, 0.3) is 0 Å². The summed E-state index contributed by atoms with van der Waals surface area (Å²) in [6.07, 6.45) is 0.249. The average Bonchev–Trinajstić information content (AvgIpc) is 2.57. The van der Waals surface area contributed by atoms with E-state index in [1.807, 2.05) is 44.4 Å². The lowest BCUT2D eigenvalue weighted by Crippen LogP contribution is -2.21. The molecule has 1 aromatic carbocycles. The van der Waals surface area contributed by atoms with E-state index in [0.717, 1.165) is 18.8 Å². The van der Waals surface area contributed by atoms with E-state index in [0.29, 0.717) is 18.2 Å². The Labute approximate surface area is 142 Å². The van der Waals surface area contributed by atoms with Gasteiger partial charge < -0.3 is 20.3 Å². The van der Waals surface area contributed by atoms with Gasteiger partial charge in [0.1, 0.15) is 11.6 Å². The van der Waals surface area contributed by atoms with Gasteiger partial charge in [-0.2, -0.15) is 0 Å². The number of carbonyl (C=O) groups is 1. The predicted molar refractivity (Wildman–Crippen MR) is 94.3 cm³/mol. The minimum Gasteiger partial charge on any atom is -0.493 e. The van der Waals surface area contributed by atoms with Gasteiger partial charge in [0.05, 0.1) is 13.0 Å². The van der Waals surface area contributed by atoms with Gasteiger partial charge >= 0.3 is 0 Å². The summed E-state index contributed by atoms with van der Waals surface area (Å²) in [7, 11) is 4.01. The maximum Gasteiger partial charge on any atom is 0.229 e. The second-order valence-corrected chi connectivity index (χ2v) is 5.49. The van der Waals surface area contributed by atoms with Crippen molar-refractivity contribution in [3.05, 3.63) is 42.5 Å². The van der Waals surface area contributed by atoms with Crippen molar-refractivity contribution in [3.63, 3.8) is 0 Å². The second-order valence-electron chi connectivity index (χ2n) is 5.49. The van der Waals surface area contributed by atoms with E-state index < -0.39 is 0 Å². The minimum absolute atomic E-state index is 0.159. The van der Waals surface area contributed by atoms with Crippen LogP contribution < -0.4 is 15.4 Å². The topological polar surface area (TPSA) is 79.4 Å². The molecule has 0 bridgehead atoms. The largest absolute Gasteiger partial charge is 0.493 e. The lowest BCUT2D eigenvalue weighted by molar-refractivity contribution is -0.116. The zero-order chi connectivity index (χ0) is 17.2. The van der Waals surface area contributed by atoms with E-state index in [1.165, 1.54) is 0 Å². The van der Waals surface area contributed by atoms with Crippen molar-refractivity contribution in [1.29, 1.82) is 0 Å². The summed E-state index contributed by atoms with van der Waals surface area (Å²) in [6, 6.07) is 12.9. The van der Waals surface area contributed by atoms with Crippen molar-refractivity contribution in [2.24, 2.45) is 0 Å². The molecule has 2 rings (SSSR count). The van der Waals surface area contributed by atoms with Crippen LogP contribution in [-0.4, -0.2) is 54.8 Å². The Morgan fingerprint density at radius 3 is 2.46 bits per heavy atom. The van der Waals surface area contributed by atoms with E-state index in [-0.39, 0.29) is 12.3 Å².